The van der Waals surface area contributed by atoms with Crippen molar-refractivity contribution in [2.24, 2.45) is 0 Å². The average molecular weight is 528 g/mol. The fourth-order valence-corrected chi connectivity index (χ4v) is 8.40. The van der Waals surface area contributed by atoms with E-state index in [-0.39, 0.29) is 4.90 Å². The van der Waals surface area contributed by atoms with Crippen LogP contribution in [-0.4, -0.2) is 39.1 Å². The summed E-state index contributed by atoms with van der Waals surface area (Å²) in [6.45, 7) is 4.30. The van der Waals surface area contributed by atoms with Gasteiger partial charge in [-0.05, 0) is 62.3 Å². The maximum atomic E-state index is 12.6. The number of rotatable bonds is 2. The minimum absolute atomic E-state index is 0.0465. The molecule has 0 spiro atoms. The highest BCUT2D eigenvalue weighted by molar-refractivity contribution is 7.86. The topological polar surface area (TPSA) is 69.9 Å². The molecular weight excluding hydrogens is 496 g/mol. The lowest BCUT2D eigenvalue weighted by atomic mass is 9.82. The van der Waals surface area contributed by atoms with E-state index in [1.54, 1.807) is 6.07 Å². The Kier molecular flexibility index (Phi) is 4.90. The molecule has 0 atom stereocenters. The molecule has 0 saturated heterocycles. The highest BCUT2D eigenvalue weighted by Crippen LogP contribution is 2.48. The Morgan fingerprint density at radius 3 is 2.39 bits per heavy atom. The van der Waals surface area contributed by atoms with Gasteiger partial charge in [-0.1, -0.05) is 18.2 Å². The van der Waals surface area contributed by atoms with Crippen LogP contribution >= 0.6 is 0 Å². The summed E-state index contributed by atoms with van der Waals surface area (Å²) < 4.78 is 45.1. The van der Waals surface area contributed by atoms with E-state index in [2.05, 4.69) is 21.6 Å². The van der Waals surface area contributed by atoms with E-state index in [1.807, 2.05) is 12.1 Å². The number of aryl methyl sites for hydroxylation is 2. The largest absolute Gasteiger partial charge is 0.455 e. The van der Waals surface area contributed by atoms with Crippen molar-refractivity contribution in [1.82, 2.24) is 4.58 Å². The molecule has 0 unspecified atom stereocenters. The quantitative estimate of drug-likeness (QED) is 0.320. The van der Waals surface area contributed by atoms with Crippen molar-refractivity contribution in [3.8, 4) is 11.5 Å². The van der Waals surface area contributed by atoms with E-state index in [0.717, 1.165) is 105 Å². The minimum atomic E-state index is -4.43. The van der Waals surface area contributed by atoms with E-state index >= 15 is 0 Å². The van der Waals surface area contributed by atoms with Crippen molar-refractivity contribution in [2.45, 2.75) is 56.3 Å². The summed E-state index contributed by atoms with van der Waals surface area (Å²) in [6.07, 6.45) is 8.34. The average Bonchev–Trinajstić information content (AvgIpc) is 2.92. The number of ether oxygens (including phenoxy) is 1. The molecule has 3 aromatic rings. The van der Waals surface area contributed by atoms with Crippen LogP contribution in [0.2, 0.25) is 0 Å². The van der Waals surface area contributed by atoms with Gasteiger partial charge in [0.2, 0.25) is 5.36 Å². The number of hydrogen-bond acceptors (Lipinski definition) is 4. The molecule has 0 aromatic heterocycles. The molecule has 0 aliphatic carbocycles. The normalized spacial score (nSPS) is 19.2. The molecule has 194 valence electrons. The maximum Gasteiger partial charge on any atom is 0.295 e. The molecule has 38 heavy (non-hydrogen) atoms. The SMILES string of the molecule is O=S(=O)(O)c1ccccc1C1=c2cc3c4c(c2Oc2c1cc1c5c2CCCN5CCC1)CCC[N+]=4CCC3. The van der Waals surface area contributed by atoms with E-state index in [0.29, 0.717) is 5.56 Å². The van der Waals surface area contributed by atoms with E-state index in [4.69, 9.17) is 4.74 Å². The van der Waals surface area contributed by atoms with Crippen LogP contribution in [0.3, 0.4) is 0 Å². The summed E-state index contributed by atoms with van der Waals surface area (Å²) in [7, 11) is -4.43. The molecular formula is C31H31N2O4S+. The highest BCUT2D eigenvalue weighted by Gasteiger charge is 2.36. The van der Waals surface area contributed by atoms with Crippen LogP contribution in [0.25, 0.3) is 5.57 Å². The first-order chi connectivity index (χ1) is 18.5. The van der Waals surface area contributed by atoms with E-state index in [1.165, 1.54) is 39.4 Å². The molecule has 7 heteroatoms. The summed E-state index contributed by atoms with van der Waals surface area (Å²) >= 11 is 0. The molecule has 5 aliphatic rings. The lowest BCUT2D eigenvalue weighted by molar-refractivity contribution is 0.431. The molecule has 5 heterocycles. The molecule has 0 radical (unpaired) electrons. The summed E-state index contributed by atoms with van der Waals surface area (Å²) in [5, 5.41) is 2.29. The van der Waals surface area contributed by atoms with Crippen LogP contribution in [0.15, 0.2) is 41.3 Å². The van der Waals surface area contributed by atoms with Crippen molar-refractivity contribution in [3.05, 3.63) is 80.4 Å². The second-order valence-electron chi connectivity index (χ2n) is 11.3. The van der Waals surface area contributed by atoms with Gasteiger partial charge in [-0.25, -0.2) is 4.58 Å². The zero-order valence-electron chi connectivity index (χ0n) is 21.4. The number of fused-ring (bicyclic) bond motifs is 4. The monoisotopic (exact) mass is 527 g/mol. The number of nitrogens with zero attached hydrogens (tertiary/aromatic N) is 2. The summed E-state index contributed by atoms with van der Waals surface area (Å²) in [6, 6.07) is 11.4. The first-order valence-electron chi connectivity index (χ1n) is 14.0. The van der Waals surface area contributed by atoms with E-state index < -0.39 is 10.1 Å². The summed E-state index contributed by atoms with van der Waals surface area (Å²) in [4.78, 5) is 2.47. The fraction of sp³-hybridized carbons (Fsp3) is 0.387. The van der Waals surface area contributed by atoms with Crippen LogP contribution < -0.4 is 24.8 Å². The van der Waals surface area contributed by atoms with Gasteiger partial charge in [0.1, 0.15) is 29.5 Å². The Labute approximate surface area is 222 Å². The molecule has 8 rings (SSSR count). The predicted octanol–water partition coefficient (Wildman–Crippen LogP) is 3.37. The van der Waals surface area contributed by atoms with Crippen LogP contribution in [-0.2, 0) is 35.8 Å². The third-order valence-corrected chi connectivity index (χ3v) is 10.0. The Bertz CT molecular complexity index is 1790. The van der Waals surface area contributed by atoms with Crippen LogP contribution in [0.4, 0.5) is 5.69 Å². The van der Waals surface area contributed by atoms with Gasteiger partial charge in [-0.2, -0.15) is 8.42 Å². The second kappa shape index (κ2) is 8.17. The fourth-order valence-electron chi connectivity index (χ4n) is 7.70. The Morgan fingerprint density at radius 1 is 0.816 bits per heavy atom. The third-order valence-electron chi connectivity index (χ3n) is 9.12. The molecule has 0 fully saturated rings. The number of hydrogen-bond donors (Lipinski definition) is 1. The molecule has 5 aliphatic heterocycles. The molecule has 1 N–H and O–H groups in total. The molecule has 0 bridgehead atoms. The second-order valence-corrected chi connectivity index (χ2v) is 12.7. The number of benzene rings is 3. The highest BCUT2D eigenvalue weighted by atomic mass is 32.2. The first kappa shape index (κ1) is 22.8. The summed E-state index contributed by atoms with van der Waals surface area (Å²) in [5.74, 6) is 1.76. The van der Waals surface area contributed by atoms with Gasteiger partial charge in [0.15, 0.2) is 0 Å². The van der Waals surface area contributed by atoms with Gasteiger partial charge in [0.25, 0.3) is 10.1 Å². The third kappa shape index (κ3) is 3.21. The van der Waals surface area contributed by atoms with Crippen LogP contribution in [0, 0.1) is 0 Å². The van der Waals surface area contributed by atoms with Gasteiger partial charge in [-0.15, -0.1) is 0 Å². The van der Waals surface area contributed by atoms with E-state index in [9.17, 15) is 13.0 Å². The Balaban J connectivity index is 1.55. The number of anilines is 1. The van der Waals surface area contributed by atoms with Crippen molar-refractivity contribution in [2.75, 3.05) is 31.1 Å². The smallest absolute Gasteiger partial charge is 0.295 e. The minimum Gasteiger partial charge on any atom is -0.455 e. The maximum absolute atomic E-state index is 12.6. The molecule has 3 aromatic carbocycles. The molecule has 0 saturated carbocycles. The zero-order chi connectivity index (χ0) is 25.6. The first-order valence-corrected chi connectivity index (χ1v) is 15.4. The van der Waals surface area contributed by atoms with Gasteiger partial charge in [0.05, 0.1) is 5.56 Å². The Hall–Kier alpha value is -3.16. The van der Waals surface area contributed by atoms with Crippen molar-refractivity contribution in [1.29, 1.82) is 0 Å². The molecule has 0 amide bonds. The van der Waals surface area contributed by atoms with Gasteiger partial charge < -0.3 is 9.64 Å². The van der Waals surface area contributed by atoms with Gasteiger partial charge in [-0.3, -0.25) is 4.55 Å². The molecule has 6 nitrogen and oxygen atoms in total. The van der Waals surface area contributed by atoms with Gasteiger partial charge >= 0.3 is 0 Å². The zero-order valence-corrected chi connectivity index (χ0v) is 22.2. The summed E-state index contributed by atoms with van der Waals surface area (Å²) in [5.41, 5.74) is 8.88. The lowest BCUT2D eigenvalue weighted by Gasteiger charge is -2.39. The standard InChI is InChI=1S/C31H30N2O4S/c34-38(35,36)26-12-2-1-9-21(26)27-24-17-19-7-3-13-32-15-5-10-22(28(19)32)30(24)37-31-23-11-6-16-33-14-4-8-20(29(23)33)18-25(27)31/h1-2,9,12,17-18H,3-8,10-11,13-16H2/p+1. The van der Waals surface area contributed by atoms with Crippen LogP contribution in [0.5, 0.6) is 11.5 Å². The Morgan fingerprint density at radius 2 is 1.55 bits per heavy atom. The van der Waals surface area contributed by atoms with Gasteiger partial charge in [0, 0.05) is 64.7 Å². The van der Waals surface area contributed by atoms with Crippen molar-refractivity contribution >= 4 is 21.4 Å². The lowest BCUT2D eigenvalue weighted by Crippen LogP contribution is -2.45. The van der Waals surface area contributed by atoms with Crippen LogP contribution in [0.1, 0.15) is 59.1 Å². The van der Waals surface area contributed by atoms with Crippen molar-refractivity contribution in [3.63, 3.8) is 0 Å². The predicted molar refractivity (Wildman–Crippen MR) is 147 cm³/mol. The van der Waals surface area contributed by atoms with Crippen molar-refractivity contribution < 1.29 is 17.7 Å².